The molecule has 1 N–H and O–H groups in total. The fraction of sp³-hybridized carbons (Fsp3) is 0.381. The Balaban J connectivity index is 1.56. The highest BCUT2D eigenvalue weighted by atomic mass is 16.5. The van der Waals surface area contributed by atoms with Crippen molar-refractivity contribution < 1.29 is 14.6 Å². The Kier molecular flexibility index (Phi) is 5.71. The number of benzene rings is 2. The molecule has 25 heavy (non-hydrogen) atoms. The molecule has 2 aromatic rings. The highest BCUT2D eigenvalue weighted by Gasteiger charge is 2.22. The van der Waals surface area contributed by atoms with E-state index >= 15 is 0 Å². The number of carbonyl (C=O) groups is 1. The van der Waals surface area contributed by atoms with Gasteiger partial charge in [0.25, 0.3) is 0 Å². The van der Waals surface area contributed by atoms with Crippen molar-refractivity contribution in [3.05, 3.63) is 65.2 Å². The predicted octanol–water partition coefficient (Wildman–Crippen LogP) is 3.98. The third kappa shape index (κ3) is 4.83. The van der Waals surface area contributed by atoms with Crippen LogP contribution in [0, 0.1) is 12.8 Å². The molecule has 0 bridgehead atoms. The number of rotatable bonds is 6. The summed E-state index contributed by atoms with van der Waals surface area (Å²) in [6.45, 7) is 5.41. The van der Waals surface area contributed by atoms with Gasteiger partial charge in [-0.3, -0.25) is 4.90 Å². The molecule has 0 amide bonds. The molecule has 0 aromatic heterocycles. The molecule has 132 valence electrons. The molecule has 1 aliphatic heterocycles. The van der Waals surface area contributed by atoms with E-state index in [4.69, 9.17) is 4.74 Å². The Labute approximate surface area is 149 Å². The van der Waals surface area contributed by atoms with Gasteiger partial charge in [-0.25, -0.2) is 4.79 Å². The quantitative estimate of drug-likeness (QED) is 0.865. The second kappa shape index (κ2) is 8.17. The zero-order valence-electron chi connectivity index (χ0n) is 14.6. The van der Waals surface area contributed by atoms with Gasteiger partial charge in [0, 0.05) is 19.0 Å². The first-order valence-corrected chi connectivity index (χ1v) is 8.85. The summed E-state index contributed by atoms with van der Waals surface area (Å²) in [5, 5.41) is 9.34. The van der Waals surface area contributed by atoms with Crippen LogP contribution in [0.2, 0.25) is 0 Å². The second-order valence-corrected chi connectivity index (χ2v) is 6.83. The molecule has 4 nitrogen and oxygen atoms in total. The Morgan fingerprint density at radius 3 is 2.72 bits per heavy atom. The number of ether oxygens (including phenoxy) is 1. The van der Waals surface area contributed by atoms with E-state index < -0.39 is 5.97 Å². The molecule has 0 aliphatic carbocycles. The number of hydrogen-bond donors (Lipinski definition) is 1. The lowest BCUT2D eigenvalue weighted by Crippen LogP contribution is -2.37. The summed E-state index contributed by atoms with van der Waals surface area (Å²) in [7, 11) is 0. The van der Waals surface area contributed by atoms with E-state index in [0.29, 0.717) is 24.6 Å². The third-order valence-electron chi connectivity index (χ3n) is 4.75. The number of nitrogens with zero attached hydrogens (tertiary/aromatic N) is 1. The van der Waals surface area contributed by atoms with E-state index in [9.17, 15) is 9.90 Å². The topological polar surface area (TPSA) is 49.8 Å². The molecule has 2 aromatic carbocycles. The number of carboxylic acids is 1. The van der Waals surface area contributed by atoms with Crippen molar-refractivity contribution in [3.63, 3.8) is 0 Å². The van der Waals surface area contributed by atoms with Crippen LogP contribution in [0.1, 0.15) is 34.3 Å². The van der Waals surface area contributed by atoms with Crippen LogP contribution in [-0.4, -0.2) is 35.7 Å². The van der Waals surface area contributed by atoms with Gasteiger partial charge in [-0.1, -0.05) is 35.9 Å². The maximum atomic E-state index is 11.4. The monoisotopic (exact) mass is 339 g/mol. The molecular weight excluding hydrogens is 314 g/mol. The van der Waals surface area contributed by atoms with E-state index in [1.807, 2.05) is 24.3 Å². The highest BCUT2D eigenvalue weighted by Crippen LogP contribution is 2.21. The first-order valence-electron chi connectivity index (χ1n) is 8.85. The molecule has 1 fully saturated rings. The maximum Gasteiger partial charge on any atom is 0.336 e. The van der Waals surface area contributed by atoms with Gasteiger partial charge in [0.15, 0.2) is 0 Å². The SMILES string of the molecule is Cc1ccc(OC[C@@H]2CCCN(Cc3ccccc3C(=O)O)C2)cc1. The first kappa shape index (κ1) is 17.5. The molecule has 1 aliphatic rings. The zero-order valence-corrected chi connectivity index (χ0v) is 14.6. The van der Waals surface area contributed by atoms with E-state index in [1.54, 1.807) is 12.1 Å². The summed E-state index contributed by atoms with van der Waals surface area (Å²) in [6.07, 6.45) is 2.28. The largest absolute Gasteiger partial charge is 0.493 e. The summed E-state index contributed by atoms with van der Waals surface area (Å²) in [5.74, 6) is 0.540. The minimum atomic E-state index is -0.855. The Bertz CT molecular complexity index is 711. The zero-order chi connectivity index (χ0) is 17.6. The van der Waals surface area contributed by atoms with Crippen molar-refractivity contribution in [2.75, 3.05) is 19.7 Å². The molecule has 0 saturated carbocycles. The summed E-state index contributed by atoms with van der Waals surface area (Å²) in [4.78, 5) is 13.7. The van der Waals surface area contributed by atoms with E-state index in [2.05, 4.69) is 24.0 Å². The van der Waals surface area contributed by atoms with Gasteiger partial charge in [-0.2, -0.15) is 0 Å². The maximum absolute atomic E-state index is 11.4. The van der Waals surface area contributed by atoms with Crippen LogP contribution < -0.4 is 4.74 Å². The van der Waals surface area contributed by atoms with Crippen LogP contribution in [0.4, 0.5) is 0 Å². The lowest BCUT2D eigenvalue weighted by atomic mass is 9.97. The molecule has 0 radical (unpaired) electrons. The lowest BCUT2D eigenvalue weighted by Gasteiger charge is -2.32. The Morgan fingerprint density at radius 2 is 1.96 bits per heavy atom. The Morgan fingerprint density at radius 1 is 1.20 bits per heavy atom. The fourth-order valence-electron chi connectivity index (χ4n) is 3.39. The van der Waals surface area contributed by atoms with Crippen LogP contribution in [0.25, 0.3) is 0 Å². The summed E-state index contributed by atoms with van der Waals surface area (Å²) in [6, 6.07) is 15.4. The van der Waals surface area contributed by atoms with Crippen molar-refractivity contribution in [1.29, 1.82) is 0 Å². The summed E-state index contributed by atoms with van der Waals surface area (Å²) in [5.41, 5.74) is 2.52. The molecule has 0 spiro atoms. The van der Waals surface area contributed by atoms with Crippen LogP contribution in [-0.2, 0) is 6.54 Å². The smallest absolute Gasteiger partial charge is 0.336 e. The van der Waals surface area contributed by atoms with Crippen LogP contribution >= 0.6 is 0 Å². The van der Waals surface area contributed by atoms with Gasteiger partial charge in [-0.05, 0) is 50.1 Å². The third-order valence-corrected chi connectivity index (χ3v) is 4.75. The number of piperidine rings is 1. The lowest BCUT2D eigenvalue weighted by molar-refractivity contribution is 0.0692. The molecule has 1 heterocycles. The predicted molar refractivity (Wildman–Crippen MR) is 98.1 cm³/mol. The van der Waals surface area contributed by atoms with Crippen molar-refractivity contribution in [2.45, 2.75) is 26.3 Å². The van der Waals surface area contributed by atoms with Crippen molar-refractivity contribution in [2.24, 2.45) is 5.92 Å². The molecule has 0 unspecified atom stereocenters. The summed E-state index contributed by atoms with van der Waals surface area (Å²) >= 11 is 0. The van der Waals surface area contributed by atoms with Gasteiger partial charge < -0.3 is 9.84 Å². The second-order valence-electron chi connectivity index (χ2n) is 6.83. The van der Waals surface area contributed by atoms with E-state index in [-0.39, 0.29) is 0 Å². The van der Waals surface area contributed by atoms with Gasteiger partial charge in [-0.15, -0.1) is 0 Å². The van der Waals surface area contributed by atoms with Crippen molar-refractivity contribution in [1.82, 2.24) is 4.90 Å². The Hall–Kier alpha value is -2.33. The van der Waals surface area contributed by atoms with Crippen LogP contribution in [0.3, 0.4) is 0 Å². The standard InChI is InChI=1S/C21H25NO3/c1-16-8-10-19(11-9-16)25-15-17-5-4-12-22(13-17)14-18-6-2-3-7-20(18)21(23)24/h2-3,6-11,17H,4-5,12-15H2,1H3,(H,23,24)/t17-/m1/s1. The molecular formula is C21H25NO3. The van der Waals surface area contributed by atoms with Crippen molar-refractivity contribution >= 4 is 5.97 Å². The van der Waals surface area contributed by atoms with Gasteiger partial charge in [0.05, 0.1) is 12.2 Å². The average molecular weight is 339 g/mol. The molecule has 1 atom stereocenters. The van der Waals surface area contributed by atoms with Gasteiger partial charge in [0.2, 0.25) is 0 Å². The fourth-order valence-corrected chi connectivity index (χ4v) is 3.39. The molecule has 4 heteroatoms. The summed E-state index contributed by atoms with van der Waals surface area (Å²) < 4.78 is 5.94. The minimum absolute atomic E-state index is 0.403. The number of aryl methyl sites for hydroxylation is 1. The van der Waals surface area contributed by atoms with Gasteiger partial charge >= 0.3 is 5.97 Å². The van der Waals surface area contributed by atoms with E-state index in [1.165, 1.54) is 5.56 Å². The normalized spacial score (nSPS) is 18.0. The number of aromatic carboxylic acids is 1. The highest BCUT2D eigenvalue weighted by molar-refractivity contribution is 5.89. The first-order chi connectivity index (χ1) is 12.1. The van der Waals surface area contributed by atoms with E-state index in [0.717, 1.165) is 37.2 Å². The number of hydrogen-bond acceptors (Lipinski definition) is 3. The molecule has 1 saturated heterocycles. The van der Waals surface area contributed by atoms with Crippen LogP contribution in [0.5, 0.6) is 5.75 Å². The van der Waals surface area contributed by atoms with Gasteiger partial charge in [0.1, 0.15) is 5.75 Å². The molecule has 3 rings (SSSR count). The minimum Gasteiger partial charge on any atom is -0.493 e. The number of carboxylic acid groups (broad SMARTS) is 1. The average Bonchev–Trinajstić information content (AvgIpc) is 2.62. The van der Waals surface area contributed by atoms with Crippen LogP contribution in [0.15, 0.2) is 48.5 Å². The number of likely N-dealkylation sites (tertiary alicyclic amines) is 1. The van der Waals surface area contributed by atoms with Crippen molar-refractivity contribution in [3.8, 4) is 5.75 Å².